The number of anilines is 1. The monoisotopic (exact) mass is 288 g/mol. The Morgan fingerprint density at radius 3 is 2.62 bits per heavy atom. The van der Waals surface area contributed by atoms with Crippen LogP contribution < -0.4 is 10.7 Å². The van der Waals surface area contributed by atoms with Crippen molar-refractivity contribution in [1.82, 2.24) is 10.3 Å². The zero-order valence-corrected chi connectivity index (χ0v) is 12.6. The van der Waals surface area contributed by atoms with Crippen molar-refractivity contribution in [1.29, 1.82) is 0 Å². The van der Waals surface area contributed by atoms with Crippen molar-refractivity contribution in [2.45, 2.75) is 26.2 Å². The van der Waals surface area contributed by atoms with Gasteiger partial charge >= 0.3 is 0 Å². The van der Waals surface area contributed by atoms with Gasteiger partial charge in [0.15, 0.2) is 0 Å². The van der Waals surface area contributed by atoms with Gasteiger partial charge < -0.3 is 10.2 Å². The van der Waals surface area contributed by atoms with E-state index in [1.54, 1.807) is 0 Å². The lowest BCUT2D eigenvalue weighted by Crippen LogP contribution is -2.35. The summed E-state index contributed by atoms with van der Waals surface area (Å²) in [5.41, 5.74) is 4.67. The average Bonchev–Trinajstić information content (AvgIpc) is 2.53. The van der Waals surface area contributed by atoms with Gasteiger partial charge in [0, 0.05) is 37.3 Å². The highest BCUT2D eigenvalue weighted by Gasteiger charge is 2.14. The Kier molecular flexibility index (Phi) is 6.22. The largest absolute Gasteiger partial charge is 0.376 e. The van der Waals surface area contributed by atoms with Crippen LogP contribution in [0.2, 0.25) is 0 Å². The Morgan fingerprint density at radius 1 is 1.24 bits per heavy atom. The van der Waals surface area contributed by atoms with Gasteiger partial charge in [-0.25, -0.2) is 5.43 Å². The average molecular weight is 288 g/mol. The number of benzene rings is 1. The van der Waals surface area contributed by atoms with Crippen LogP contribution in [0.1, 0.15) is 26.2 Å². The van der Waals surface area contributed by atoms with Crippen LogP contribution in [0.3, 0.4) is 0 Å². The van der Waals surface area contributed by atoms with Gasteiger partial charge in [0.1, 0.15) is 0 Å². The molecule has 1 aliphatic rings. The summed E-state index contributed by atoms with van der Waals surface area (Å²) in [6.07, 6.45) is 3.09. The first-order chi connectivity index (χ1) is 10.3. The van der Waals surface area contributed by atoms with E-state index in [9.17, 15) is 4.79 Å². The predicted octanol–water partition coefficient (Wildman–Crippen LogP) is 2.08. The summed E-state index contributed by atoms with van der Waals surface area (Å²) >= 11 is 0. The van der Waals surface area contributed by atoms with Crippen LogP contribution in [0.5, 0.6) is 0 Å². The molecule has 1 aliphatic heterocycles. The summed E-state index contributed by atoms with van der Waals surface area (Å²) in [4.78, 5) is 14.2. The lowest BCUT2D eigenvalue weighted by Gasteiger charge is -2.26. The summed E-state index contributed by atoms with van der Waals surface area (Å²) in [5.74, 6) is -0.109. The normalized spacial score (nSPS) is 15.6. The molecule has 2 rings (SSSR count). The second kappa shape index (κ2) is 8.42. The topological polar surface area (TPSA) is 56.7 Å². The number of piperidine rings is 1. The van der Waals surface area contributed by atoms with Crippen molar-refractivity contribution in [3.8, 4) is 0 Å². The van der Waals surface area contributed by atoms with E-state index in [1.807, 2.05) is 30.3 Å². The Labute approximate surface area is 126 Å². The highest BCUT2D eigenvalue weighted by atomic mass is 16.2. The fraction of sp³-hybridized carbons (Fsp3) is 0.500. The van der Waals surface area contributed by atoms with Crippen LogP contribution in [0, 0.1) is 0 Å². The number of hydrogen-bond donors (Lipinski definition) is 2. The van der Waals surface area contributed by atoms with Gasteiger partial charge in [0.25, 0.3) is 5.91 Å². The number of nitrogens with zero attached hydrogens (tertiary/aromatic N) is 2. The number of rotatable bonds is 6. The van der Waals surface area contributed by atoms with Crippen molar-refractivity contribution < 1.29 is 4.79 Å². The molecule has 0 aromatic heterocycles. The maximum atomic E-state index is 11.7. The molecule has 0 radical (unpaired) electrons. The van der Waals surface area contributed by atoms with Crippen molar-refractivity contribution in [3.63, 3.8) is 0 Å². The quantitative estimate of drug-likeness (QED) is 0.788. The molecule has 2 N–H and O–H groups in total. The Bertz CT molecular complexity index is 462. The van der Waals surface area contributed by atoms with E-state index < -0.39 is 0 Å². The molecule has 0 unspecified atom stereocenters. The molecule has 1 aromatic rings. The van der Waals surface area contributed by atoms with Gasteiger partial charge in [0.05, 0.1) is 6.54 Å². The standard InChI is InChI=1S/C16H24N4O/c1-2-10-20-11-8-15(9-12-20)18-19-16(21)13-17-14-6-4-3-5-7-14/h3-7,17H,2,8-13H2,1H3,(H,19,21). The van der Waals surface area contributed by atoms with E-state index in [1.165, 1.54) is 6.42 Å². The number of hydrazone groups is 1. The summed E-state index contributed by atoms with van der Waals surface area (Å²) < 4.78 is 0. The molecule has 0 aliphatic carbocycles. The first-order valence-corrected chi connectivity index (χ1v) is 7.63. The molecule has 1 aromatic carbocycles. The lowest BCUT2D eigenvalue weighted by atomic mass is 10.1. The summed E-state index contributed by atoms with van der Waals surface area (Å²) in [6.45, 7) is 5.68. The van der Waals surface area contributed by atoms with Gasteiger partial charge in [-0.05, 0) is 25.1 Å². The molecule has 1 heterocycles. The highest BCUT2D eigenvalue weighted by Crippen LogP contribution is 2.07. The lowest BCUT2D eigenvalue weighted by molar-refractivity contribution is -0.119. The number of para-hydroxylation sites is 1. The molecule has 1 amide bonds. The number of carbonyl (C=O) groups is 1. The van der Waals surface area contributed by atoms with Crippen molar-refractivity contribution in [2.75, 3.05) is 31.5 Å². The van der Waals surface area contributed by atoms with Crippen molar-refractivity contribution in [2.24, 2.45) is 5.10 Å². The van der Waals surface area contributed by atoms with Crippen LogP contribution in [-0.4, -0.2) is 42.7 Å². The van der Waals surface area contributed by atoms with Gasteiger partial charge in [-0.3, -0.25) is 4.79 Å². The molecule has 5 nitrogen and oxygen atoms in total. The smallest absolute Gasteiger partial charge is 0.259 e. The van der Waals surface area contributed by atoms with Gasteiger partial charge in [-0.15, -0.1) is 0 Å². The molecule has 0 spiro atoms. The minimum absolute atomic E-state index is 0.109. The Balaban J connectivity index is 1.68. The molecule has 0 bridgehead atoms. The zero-order chi connectivity index (χ0) is 14.9. The van der Waals surface area contributed by atoms with Gasteiger partial charge in [0.2, 0.25) is 0 Å². The van der Waals surface area contributed by atoms with E-state index in [2.05, 4.69) is 27.7 Å². The van der Waals surface area contributed by atoms with E-state index in [4.69, 9.17) is 0 Å². The first-order valence-electron chi connectivity index (χ1n) is 7.63. The Morgan fingerprint density at radius 2 is 1.95 bits per heavy atom. The second-order valence-corrected chi connectivity index (χ2v) is 5.27. The maximum absolute atomic E-state index is 11.7. The molecule has 1 fully saturated rings. The molecular formula is C16H24N4O. The zero-order valence-electron chi connectivity index (χ0n) is 12.6. The molecule has 5 heteroatoms. The Hall–Kier alpha value is -1.88. The fourth-order valence-electron chi connectivity index (χ4n) is 2.38. The van der Waals surface area contributed by atoms with E-state index in [0.717, 1.165) is 43.9 Å². The third-order valence-electron chi connectivity index (χ3n) is 3.54. The van der Waals surface area contributed by atoms with E-state index in [-0.39, 0.29) is 12.5 Å². The summed E-state index contributed by atoms with van der Waals surface area (Å²) in [6, 6.07) is 9.68. The summed E-state index contributed by atoms with van der Waals surface area (Å²) in [7, 11) is 0. The second-order valence-electron chi connectivity index (χ2n) is 5.27. The van der Waals surface area contributed by atoms with Crippen molar-refractivity contribution in [3.05, 3.63) is 30.3 Å². The number of carbonyl (C=O) groups excluding carboxylic acids is 1. The van der Waals surface area contributed by atoms with Crippen LogP contribution in [0.15, 0.2) is 35.4 Å². The molecular weight excluding hydrogens is 264 g/mol. The molecule has 0 atom stereocenters. The van der Waals surface area contributed by atoms with Crippen molar-refractivity contribution >= 4 is 17.3 Å². The number of hydrogen-bond acceptors (Lipinski definition) is 4. The summed E-state index contributed by atoms with van der Waals surface area (Å²) in [5, 5.41) is 7.31. The van der Waals surface area contributed by atoms with Crippen LogP contribution in [0.4, 0.5) is 5.69 Å². The first kappa shape index (κ1) is 15.5. The predicted molar refractivity (Wildman–Crippen MR) is 86.5 cm³/mol. The van der Waals surface area contributed by atoms with Crippen LogP contribution in [-0.2, 0) is 4.79 Å². The number of amides is 1. The van der Waals surface area contributed by atoms with Gasteiger partial charge in [-0.2, -0.15) is 5.10 Å². The van der Waals surface area contributed by atoms with Gasteiger partial charge in [-0.1, -0.05) is 25.1 Å². The minimum Gasteiger partial charge on any atom is -0.376 e. The van der Waals surface area contributed by atoms with Crippen LogP contribution in [0.25, 0.3) is 0 Å². The van der Waals surface area contributed by atoms with Crippen LogP contribution >= 0.6 is 0 Å². The molecule has 0 saturated carbocycles. The maximum Gasteiger partial charge on any atom is 0.259 e. The SMILES string of the molecule is CCCN1CCC(=NNC(=O)CNc2ccccc2)CC1. The number of likely N-dealkylation sites (tertiary alicyclic amines) is 1. The molecule has 21 heavy (non-hydrogen) atoms. The molecule has 114 valence electrons. The van der Waals surface area contributed by atoms with E-state index in [0.29, 0.717) is 0 Å². The highest BCUT2D eigenvalue weighted by molar-refractivity contribution is 5.88. The third-order valence-corrected chi connectivity index (χ3v) is 3.54. The van der Waals surface area contributed by atoms with E-state index >= 15 is 0 Å². The minimum atomic E-state index is -0.109. The number of nitrogens with one attached hydrogen (secondary N) is 2. The molecule has 1 saturated heterocycles. The third kappa shape index (κ3) is 5.55. The fourth-order valence-corrected chi connectivity index (χ4v) is 2.38.